The fraction of sp³-hybridized carbons (Fsp3) is 0.727. The van der Waals surface area contributed by atoms with E-state index in [-0.39, 0.29) is 24.1 Å². The largest absolute Gasteiger partial charge is 0.469 e. The van der Waals surface area contributed by atoms with Gasteiger partial charge in [0.1, 0.15) is 6.10 Å². The number of carbonyl (C=O) groups is 1. The number of carbonyl (C=O) groups excluding carboxylic acids is 1. The van der Waals surface area contributed by atoms with E-state index in [2.05, 4.69) is 4.74 Å². The van der Waals surface area contributed by atoms with Crippen molar-refractivity contribution in [2.75, 3.05) is 7.11 Å². The molecule has 0 saturated carbocycles. The fourth-order valence-corrected chi connectivity index (χ4v) is 2.12. The van der Waals surface area contributed by atoms with E-state index in [1.807, 2.05) is 26.0 Å². The number of rotatable bonds is 2. The SMILES string of the molecule is COC(=O)C[C@@H]1C=C[C@H]2OC(C)(C)O[C@@H]12. The summed E-state index contributed by atoms with van der Waals surface area (Å²) in [6.07, 6.45) is 4.23. The Labute approximate surface area is 89.2 Å². The van der Waals surface area contributed by atoms with Crippen LogP contribution in [0.15, 0.2) is 12.2 Å². The number of hydrogen-bond acceptors (Lipinski definition) is 4. The van der Waals surface area contributed by atoms with Crippen LogP contribution in [0.3, 0.4) is 0 Å². The topological polar surface area (TPSA) is 44.8 Å². The highest BCUT2D eigenvalue weighted by Crippen LogP contribution is 2.38. The first-order chi connectivity index (χ1) is 7.02. The van der Waals surface area contributed by atoms with Crippen molar-refractivity contribution >= 4 is 5.97 Å². The second-order valence-corrected chi connectivity index (χ2v) is 4.39. The zero-order valence-electron chi connectivity index (χ0n) is 9.23. The second-order valence-electron chi connectivity index (χ2n) is 4.39. The summed E-state index contributed by atoms with van der Waals surface area (Å²) >= 11 is 0. The molecule has 4 heteroatoms. The van der Waals surface area contributed by atoms with Gasteiger partial charge in [0.05, 0.1) is 19.6 Å². The summed E-state index contributed by atoms with van der Waals surface area (Å²) < 4.78 is 16.0. The Hall–Kier alpha value is -0.870. The van der Waals surface area contributed by atoms with E-state index < -0.39 is 5.79 Å². The van der Waals surface area contributed by atoms with E-state index in [9.17, 15) is 4.79 Å². The Morgan fingerprint density at radius 1 is 1.40 bits per heavy atom. The summed E-state index contributed by atoms with van der Waals surface area (Å²) in [7, 11) is 1.40. The molecule has 0 aromatic rings. The molecular weight excluding hydrogens is 196 g/mol. The van der Waals surface area contributed by atoms with Gasteiger partial charge < -0.3 is 14.2 Å². The van der Waals surface area contributed by atoms with Gasteiger partial charge >= 0.3 is 5.97 Å². The van der Waals surface area contributed by atoms with Gasteiger partial charge in [0, 0.05) is 5.92 Å². The lowest BCUT2D eigenvalue weighted by Gasteiger charge is -2.20. The molecule has 1 fully saturated rings. The molecule has 1 aliphatic carbocycles. The average Bonchev–Trinajstić information content (AvgIpc) is 2.63. The van der Waals surface area contributed by atoms with Gasteiger partial charge in [0.2, 0.25) is 0 Å². The normalized spacial score (nSPS) is 36.6. The van der Waals surface area contributed by atoms with Crippen LogP contribution >= 0.6 is 0 Å². The van der Waals surface area contributed by atoms with E-state index >= 15 is 0 Å². The summed E-state index contributed by atoms with van der Waals surface area (Å²) in [5, 5.41) is 0. The van der Waals surface area contributed by atoms with E-state index in [0.29, 0.717) is 6.42 Å². The van der Waals surface area contributed by atoms with E-state index in [1.54, 1.807) is 0 Å². The number of fused-ring (bicyclic) bond motifs is 1. The molecule has 0 N–H and O–H groups in total. The van der Waals surface area contributed by atoms with E-state index in [1.165, 1.54) is 7.11 Å². The highest BCUT2D eigenvalue weighted by atomic mass is 16.8. The Balaban J connectivity index is 2.00. The van der Waals surface area contributed by atoms with Gasteiger partial charge in [-0.25, -0.2) is 0 Å². The molecule has 0 bridgehead atoms. The predicted molar refractivity (Wildman–Crippen MR) is 53.1 cm³/mol. The van der Waals surface area contributed by atoms with Gasteiger partial charge in [-0.15, -0.1) is 0 Å². The third-order valence-electron chi connectivity index (χ3n) is 2.76. The van der Waals surface area contributed by atoms with E-state index in [0.717, 1.165) is 0 Å². The standard InChI is InChI=1S/C11H16O4/c1-11(2)14-8-5-4-7(10(8)15-11)6-9(12)13-3/h4-5,7-8,10H,6H2,1-3H3/t7-,8+,10-/m0/s1. The van der Waals surface area contributed by atoms with Crippen molar-refractivity contribution < 1.29 is 19.0 Å². The molecule has 0 radical (unpaired) electrons. The van der Waals surface area contributed by atoms with Crippen LogP contribution in [0.5, 0.6) is 0 Å². The lowest BCUT2D eigenvalue weighted by molar-refractivity contribution is -0.152. The van der Waals surface area contributed by atoms with Crippen LogP contribution in [0.2, 0.25) is 0 Å². The summed E-state index contributed by atoms with van der Waals surface area (Å²) in [4.78, 5) is 11.2. The summed E-state index contributed by atoms with van der Waals surface area (Å²) in [5.41, 5.74) is 0. The van der Waals surface area contributed by atoms with Gasteiger partial charge in [-0.3, -0.25) is 4.79 Å². The maximum atomic E-state index is 11.2. The lowest BCUT2D eigenvalue weighted by Crippen LogP contribution is -2.27. The molecule has 1 aliphatic heterocycles. The van der Waals surface area contributed by atoms with Crippen molar-refractivity contribution in [2.45, 2.75) is 38.3 Å². The van der Waals surface area contributed by atoms with Gasteiger partial charge in [-0.1, -0.05) is 12.2 Å². The van der Waals surface area contributed by atoms with Crippen LogP contribution in [0.25, 0.3) is 0 Å². The van der Waals surface area contributed by atoms with Crippen molar-refractivity contribution in [3.05, 3.63) is 12.2 Å². The molecule has 0 spiro atoms. The number of esters is 1. The fourth-order valence-electron chi connectivity index (χ4n) is 2.12. The molecule has 2 rings (SSSR count). The van der Waals surface area contributed by atoms with Crippen molar-refractivity contribution in [1.29, 1.82) is 0 Å². The monoisotopic (exact) mass is 212 g/mol. The van der Waals surface area contributed by atoms with Gasteiger partial charge in [0.25, 0.3) is 0 Å². The molecule has 4 nitrogen and oxygen atoms in total. The maximum Gasteiger partial charge on any atom is 0.306 e. The minimum Gasteiger partial charge on any atom is -0.469 e. The number of hydrogen-bond donors (Lipinski definition) is 0. The Bertz CT molecular complexity index is 295. The Morgan fingerprint density at radius 2 is 2.13 bits per heavy atom. The molecule has 0 aromatic heterocycles. The van der Waals surface area contributed by atoms with Crippen LogP contribution in [0, 0.1) is 5.92 Å². The summed E-state index contributed by atoms with van der Waals surface area (Å²) in [6, 6.07) is 0. The second kappa shape index (κ2) is 3.61. The van der Waals surface area contributed by atoms with Crippen molar-refractivity contribution in [2.24, 2.45) is 5.92 Å². The van der Waals surface area contributed by atoms with Gasteiger partial charge in [-0.2, -0.15) is 0 Å². The first-order valence-electron chi connectivity index (χ1n) is 5.12. The van der Waals surface area contributed by atoms with Crippen molar-refractivity contribution in [3.8, 4) is 0 Å². The minimum absolute atomic E-state index is 0.0188. The zero-order chi connectivity index (χ0) is 11.1. The van der Waals surface area contributed by atoms with Crippen molar-refractivity contribution in [3.63, 3.8) is 0 Å². The zero-order valence-corrected chi connectivity index (χ0v) is 9.23. The van der Waals surface area contributed by atoms with E-state index in [4.69, 9.17) is 9.47 Å². The van der Waals surface area contributed by atoms with Crippen LogP contribution < -0.4 is 0 Å². The molecule has 1 heterocycles. The van der Waals surface area contributed by atoms with Crippen LogP contribution in [-0.2, 0) is 19.0 Å². The maximum absolute atomic E-state index is 11.2. The molecule has 0 aromatic carbocycles. The highest BCUT2D eigenvalue weighted by Gasteiger charge is 2.46. The highest BCUT2D eigenvalue weighted by molar-refractivity contribution is 5.70. The molecule has 0 unspecified atom stereocenters. The predicted octanol–water partition coefficient (Wildman–Crippen LogP) is 1.26. The summed E-state index contributed by atoms with van der Waals surface area (Å²) in [5.74, 6) is -0.683. The quantitative estimate of drug-likeness (QED) is 0.510. The third-order valence-corrected chi connectivity index (χ3v) is 2.76. The lowest BCUT2D eigenvalue weighted by atomic mass is 10.0. The number of ether oxygens (including phenoxy) is 3. The Morgan fingerprint density at radius 3 is 2.80 bits per heavy atom. The third kappa shape index (κ3) is 2.06. The first-order valence-corrected chi connectivity index (χ1v) is 5.12. The number of methoxy groups -OCH3 is 1. The molecule has 2 aliphatic rings. The molecule has 1 saturated heterocycles. The van der Waals surface area contributed by atoms with Gasteiger partial charge in [-0.05, 0) is 13.8 Å². The smallest absolute Gasteiger partial charge is 0.306 e. The van der Waals surface area contributed by atoms with Crippen LogP contribution in [0.1, 0.15) is 20.3 Å². The molecular formula is C11H16O4. The summed E-state index contributed by atoms with van der Waals surface area (Å²) in [6.45, 7) is 3.77. The first kappa shape index (κ1) is 10.6. The van der Waals surface area contributed by atoms with Gasteiger partial charge in [0.15, 0.2) is 5.79 Å². The van der Waals surface area contributed by atoms with Crippen molar-refractivity contribution in [1.82, 2.24) is 0 Å². The molecule has 84 valence electrons. The molecule has 3 atom stereocenters. The van der Waals surface area contributed by atoms with Crippen LogP contribution in [-0.4, -0.2) is 31.1 Å². The Kier molecular flexibility index (Phi) is 2.56. The molecule has 15 heavy (non-hydrogen) atoms. The van der Waals surface area contributed by atoms with Crippen LogP contribution in [0.4, 0.5) is 0 Å². The molecule has 0 amide bonds. The minimum atomic E-state index is -0.547. The average molecular weight is 212 g/mol.